The van der Waals surface area contributed by atoms with Crippen LogP contribution in [-0.2, 0) is 4.74 Å². The molecule has 0 aromatic heterocycles. The summed E-state index contributed by atoms with van der Waals surface area (Å²) < 4.78 is 5.45. The van der Waals surface area contributed by atoms with Crippen molar-refractivity contribution >= 4 is 0 Å². The van der Waals surface area contributed by atoms with Crippen LogP contribution in [0, 0.1) is 11.8 Å². The average Bonchev–Trinajstić information content (AvgIpc) is 3.12. The minimum atomic E-state index is 0.706. The van der Waals surface area contributed by atoms with E-state index in [0.717, 1.165) is 44.7 Å². The van der Waals surface area contributed by atoms with Crippen molar-refractivity contribution < 1.29 is 4.74 Å². The van der Waals surface area contributed by atoms with Crippen LogP contribution in [-0.4, -0.2) is 50.3 Å². The molecule has 1 atom stereocenters. The van der Waals surface area contributed by atoms with Gasteiger partial charge in [-0.2, -0.15) is 0 Å². The van der Waals surface area contributed by atoms with Crippen molar-refractivity contribution in [3.05, 3.63) is 0 Å². The molecule has 0 aromatic rings. The van der Waals surface area contributed by atoms with Gasteiger partial charge in [0.2, 0.25) is 0 Å². The van der Waals surface area contributed by atoms with E-state index in [1.807, 2.05) is 0 Å². The number of nitrogens with zero attached hydrogens (tertiary/aromatic N) is 1. The Balaban J connectivity index is 1.73. The number of hydrogen-bond donors (Lipinski definition) is 1. The summed E-state index contributed by atoms with van der Waals surface area (Å²) in [5.41, 5.74) is 0. The molecule has 2 rings (SSSR count). The van der Waals surface area contributed by atoms with E-state index in [4.69, 9.17) is 4.74 Å². The predicted octanol–water partition coefficient (Wildman–Crippen LogP) is 1.73. The van der Waals surface area contributed by atoms with E-state index in [2.05, 4.69) is 24.1 Å². The lowest BCUT2D eigenvalue weighted by atomic mass is 10.0. The molecule has 0 aromatic carbocycles. The highest BCUT2D eigenvalue weighted by molar-refractivity contribution is 4.80. The zero-order chi connectivity index (χ0) is 12.1. The SMILES string of the molecule is CC(C)CC(CNCC1CC1)N1CCOCC1. The third-order valence-electron chi connectivity index (χ3n) is 3.82. The molecule has 2 fully saturated rings. The molecule has 1 aliphatic carbocycles. The van der Waals surface area contributed by atoms with E-state index in [9.17, 15) is 0 Å². The van der Waals surface area contributed by atoms with Crippen LogP contribution in [0.5, 0.6) is 0 Å². The summed E-state index contributed by atoms with van der Waals surface area (Å²) in [5.74, 6) is 1.77. The highest BCUT2D eigenvalue weighted by atomic mass is 16.5. The van der Waals surface area contributed by atoms with Crippen molar-refractivity contribution in [2.45, 2.75) is 39.2 Å². The molecule has 1 aliphatic heterocycles. The highest BCUT2D eigenvalue weighted by Crippen LogP contribution is 2.27. The van der Waals surface area contributed by atoms with Gasteiger partial charge in [-0.1, -0.05) is 13.8 Å². The van der Waals surface area contributed by atoms with Crippen LogP contribution in [0.15, 0.2) is 0 Å². The van der Waals surface area contributed by atoms with Gasteiger partial charge in [-0.05, 0) is 37.6 Å². The molecule has 17 heavy (non-hydrogen) atoms. The molecule has 1 saturated heterocycles. The van der Waals surface area contributed by atoms with E-state index >= 15 is 0 Å². The van der Waals surface area contributed by atoms with E-state index in [1.165, 1.54) is 25.8 Å². The smallest absolute Gasteiger partial charge is 0.0594 e. The molecule has 1 heterocycles. The molecule has 1 unspecified atom stereocenters. The fourth-order valence-corrected chi connectivity index (χ4v) is 2.62. The third kappa shape index (κ3) is 4.94. The molecule has 2 aliphatic rings. The van der Waals surface area contributed by atoms with E-state index in [-0.39, 0.29) is 0 Å². The topological polar surface area (TPSA) is 24.5 Å². The first-order valence-electron chi connectivity index (χ1n) is 7.28. The maximum atomic E-state index is 5.45. The van der Waals surface area contributed by atoms with Gasteiger partial charge in [0.05, 0.1) is 13.2 Å². The number of morpholine rings is 1. The van der Waals surface area contributed by atoms with Crippen molar-refractivity contribution in [2.24, 2.45) is 11.8 Å². The summed E-state index contributed by atoms with van der Waals surface area (Å²) in [7, 11) is 0. The number of rotatable bonds is 7. The van der Waals surface area contributed by atoms with Gasteiger partial charge in [0.1, 0.15) is 0 Å². The monoisotopic (exact) mass is 240 g/mol. The van der Waals surface area contributed by atoms with Gasteiger partial charge in [-0.15, -0.1) is 0 Å². The summed E-state index contributed by atoms with van der Waals surface area (Å²) in [5, 5.41) is 3.67. The fraction of sp³-hybridized carbons (Fsp3) is 1.00. The standard InChI is InChI=1S/C14H28N2O/c1-12(2)9-14(11-15-10-13-3-4-13)16-5-7-17-8-6-16/h12-15H,3-11H2,1-2H3. The van der Waals surface area contributed by atoms with Crippen LogP contribution < -0.4 is 5.32 Å². The second-order valence-electron chi connectivity index (χ2n) is 6.03. The first-order valence-corrected chi connectivity index (χ1v) is 7.28. The maximum absolute atomic E-state index is 5.45. The summed E-state index contributed by atoms with van der Waals surface area (Å²) in [4.78, 5) is 2.61. The Morgan fingerprint density at radius 1 is 1.24 bits per heavy atom. The number of nitrogens with one attached hydrogen (secondary N) is 1. The molecule has 0 radical (unpaired) electrons. The van der Waals surface area contributed by atoms with Crippen molar-refractivity contribution in [3.63, 3.8) is 0 Å². The minimum absolute atomic E-state index is 0.706. The fourth-order valence-electron chi connectivity index (χ4n) is 2.62. The van der Waals surface area contributed by atoms with Gasteiger partial charge in [0, 0.05) is 25.7 Å². The third-order valence-corrected chi connectivity index (χ3v) is 3.82. The first kappa shape index (κ1) is 13.3. The summed E-state index contributed by atoms with van der Waals surface area (Å²) >= 11 is 0. The normalized spacial score (nSPS) is 24.2. The van der Waals surface area contributed by atoms with Gasteiger partial charge >= 0.3 is 0 Å². The summed E-state index contributed by atoms with van der Waals surface area (Å²) in [6.45, 7) is 11.1. The van der Waals surface area contributed by atoms with Crippen LogP contribution in [0.3, 0.4) is 0 Å². The molecule has 1 N–H and O–H groups in total. The Kier molecular flexibility index (Phi) is 5.26. The molecular weight excluding hydrogens is 212 g/mol. The Labute approximate surface area is 106 Å². The Morgan fingerprint density at radius 2 is 1.94 bits per heavy atom. The van der Waals surface area contributed by atoms with Gasteiger partial charge in [0.15, 0.2) is 0 Å². The molecule has 100 valence electrons. The average molecular weight is 240 g/mol. The summed E-state index contributed by atoms with van der Waals surface area (Å²) in [6.07, 6.45) is 4.19. The molecule has 3 nitrogen and oxygen atoms in total. The van der Waals surface area contributed by atoms with E-state index in [1.54, 1.807) is 0 Å². The van der Waals surface area contributed by atoms with Crippen molar-refractivity contribution in [1.82, 2.24) is 10.2 Å². The van der Waals surface area contributed by atoms with Crippen molar-refractivity contribution in [1.29, 1.82) is 0 Å². The largest absolute Gasteiger partial charge is 0.379 e. The van der Waals surface area contributed by atoms with Gasteiger partial charge in [0.25, 0.3) is 0 Å². The van der Waals surface area contributed by atoms with E-state index in [0.29, 0.717) is 6.04 Å². The lowest BCUT2D eigenvalue weighted by Crippen LogP contribution is -2.48. The molecule has 0 bridgehead atoms. The minimum Gasteiger partial charge on any atom is -0.379 e. The van der Waals surface area contributed by atoms with Crippen molar-refractivity contribution in [2.75, 3.05) is 39.4 Å². The molecule has 0 amide bonds. The van der Waals surface area contributed by atoms with Crippen LogP contribution in [0.4, 0.5) is 0 Å². The van der Waals surface area contributed by atoms with Crippen LogP contribution in [0.1, 0.15) is 33.1 Å². The zero-order valence-corrected chi connectivity index (χ0v) is 11.5. The molecule has 1 saturated carbocycles. The van der Waals surface area contributed by atoms with Gasteiger partial charge in [-0.3, -0.25) is 4.90 Å². The van der Waals surface area contributed by atoms with Crippen LogP contribution in [0.2, 0.25) is 0 Å². The predicted molar refractivity (Wildman–Crippen MR) is 71.2 cm³/mol. The van der Waals surface area contributed by atoms with Gasteiger partial charge in [-0.25, -0.2) is 0 Å². The lowest BCUT2D eigenvalue weighted by molar-refractivity contribution is 0.0123. The highest BCUT2D eigenvalue weighted by Gasteiger charge is 2.24. The number of ether oxygens (including phenoxy) is 1. The lowest BCUT2D eigenvalue weighted by Gasteiger charge is -2.35. The van der Waals surface area contributed by atoms with Crippen LogP contribution in [0.25, 0.3) is 0 Å². The quantitative estimate of drug-likeness (QED) is 0.733. The maximum Gasteiger partial charge on any atom is 0.0594 e. The Bertz CT molecular complexity index is 210. The van der Waals surface area contributed by atoms with Crippen LogP contribution >= 0.6 is 0 Å². The molecule has 3 heteroatoms. The van der Waals surface area contributed by atoms with E-state index < -0.39 is 0 Å². The summed E-state index contributed by atoms with van der Waals surface area (Å²) in [6, 6.07) is 0.706. The number of hydrogen-bond acceptors (Lipinski definition) is 3. The first-order chi connectivity index (χ1) is 8.25. The van der Waals surface area contributed by atoms with Gasteiger partial charge < -0.3 is 10.1 Å². The molecular formula is C14H28N2O. The van der Waals surface area contributed by atoms with Crippen molar-refractivity contribution in [3.8, 4) is 0 Å². The zero-order valence-electron chi connectivity index (χ0n) is 11.5. The Hall–Kier alpha value is -0.120. The second kappa shape index (κ2) is 6.72. The second-order valence-corrected chi connectivity index (χ2v) is 6.03. The Morgan fingerprint density at radius 3 is 2.53 bits per heavy atom. The molecule has 0 spiro atoms.